The van der Waals surface area contributed by atoms with Gasteiger partial charge in [-0.2, -0.15) is 0 Å². The molecule has 0 aromatic carbocycles. The van der Waals surface area contributed by atoms with Crippen molar-refractivity contribution < 1.29 is 0 Å². The molecule has 2 N–H and O–H groups in total. The Morgan fingerprint density at radius 2 is 2.07 bits per heavy atom. The first-order chi connectivity index (χ1) is 7.36. The van der Waals surface area contributed by atoms with Crippen molar-refractivity contribution in [3.8, 4) is 0 Å². The molecule has 1 aliphatic carbocycles. The van der Waals surface area contributed by atoms with E-state index >= 15 is 0 Å². The van der Waals surface area contributed by atoms with Crippen molar-refractivity contribution in [1.82, 2.24) is 4.98 Å². The summed E-state index contributed by atoms with van der Waals surface area (Å²) in [6.45, 7) is 0. The SMILES string of the molecule is NC(Cc1nccs1)C1CCCCCC1. The lowest BCUT2D eigenvalue weighted by atomic mass is 9.91. The van der Waals surface area contributed by atoms with Crippen LogP contribution in [0, 0.1) is 5.92 Å². The molecule has 1 atom stereocenters. The number of hydrogen-bond donors (Lipinski definition) is 1. The normalized spacial score (nSPS) is 21.1. The number of nitrogens with two attached hydrogens (primary N) is 1. The van der Waals surface area contributed by atoms with Gasteiger partial charge in [-0.05, 0) is 18.8 Å². The molecular formula is C12H20N2S. The molecule has 1 saturated carbocycles. The zero-order valence-electron chi connectivity index (χ0n) is 9.19. The Kier molecular flexibility index (Phi) is 4.15. The Bertz CT molecular complexity index is 263. The van der Waals surface area contributed by atoms with Gasteiger partial charge in [-0.25, -0.2) is 4.98 Å². The third kappa shape index (κ3) is 3.28. The first kappa shape index (κ1) is 11.1. The van der Waals surface area contributed by atoms with Crippen molar-refractivity contribution in [2.24, 2.45) is 11.7 Å². The van der Waals surface area contributed by atoms with Crippen molar-refractivity contribution in [2.75, 3.05) is 0 Å². The van der Waals surface area contributed by atoms with E-state index in [0.29, 0.717) is 6.04 Å². The van der Waals surface area contributed by atoms with Crippen molar-refractivity contribution in [1.29, 1.82) is 0 Å². The summed E-state index contributed by atoms with van der Waals surface area (Å²) in [5.74, 6) is 0.733. The molecule has 0 radical (unpaired) electrons. The van der Waals surface area contributed by atoms with Gasteiger partial charge >= 0.3 is 0 Å². The minimum Gasteiger partial charge on any atom is -0.327 e. The topological polar surface area (TPSA) is 38.9 Å². The fourth-order valence-corrected chi connectivity index (χ4v) is 3.15. The Morgan fingerprint density at radius 3 is 2.67 bits per heavy atom. The highest BCUT2D eigenvalue weighted by Crippen LogP contribution is 2.26. The second kappa shape index (κ2) is 5.61. The largest absolute Gasteiger partial charge is 0.327 e. The quantitative estimate of drug-likeness (QED) is 0.802. The van der Waals surface area contributed by atoms with Gasteiger partial charge in [0.25, 0.3) is 0 Å². The molecule has 0 bridgehead atoms. The highest BCUT2D eigenvalue weighted by atomic mass is 32.1. The molecule has 0 saturated heterocycles. The summed E-state index contributed by atoms with van der Waals surface area (Å²) in [6, 6.07) is 0.328. The van der Waals surface area contributed by atoms with Crippen LogP contribution in [-0.4, -0.2) is 11.0 Å². The first-order valence-electron chi connectivity index (χ1n) is 6.00. The Hall–Kier alpha value is -0.410. The highest BCUT2D eigenvalue weighted by molar-refractivity contribution is 7.09. The third-order valence-electron chi connectivity index (χ3n) is 3.40. The van der Waals surface area contributed by atoms with E-state index in [1.165, 1.54) is 43.5 Å². The van der Waals surface area contributed by atoms with E-state index in [1.54, 1.807) is 11.3 Å². The Balaban J connectivity index is 1.86. The van der Waals surface area contributed by atoms with Gasteiger partial charge in [-0.1, -0.05) is 25.7 Å². The third-order valence-corrected chi connectivity index (χ3v) is 4.20. The van der Waals surface area contributed by atoms with E-state index in [-0.39, 0.29) is 0 Å². The summed E-state index contributed by atoms with van der Waals surface area (Å²) < 4.78 is 0. The predicted molar refractivity (Wildman–Crippen MR) is 65.0 cm³/mol. The molecular weight excluding hydrogens is 204 g/mol. The van der Waals surface area contributed by atoms with E-state index in [0.717, 1.165) is 12.3 Å². The second-order valence-corrected chi connectivity index (χ2v) is 5.52. The Labute approximate surface area is 95.9 Å². The van der Waals surface area contributed by atoms with Crippen LogP contribution in [0.15, 0.2) is 11.6 Å². The molecule has 3 heteroatoms. The number of thiazole rings is 1. The average Bonchev–Trinajstić information content (AvgIpc) is 2.58. The summed E-state index contributed by atoms with van der Waals surface area (Å²) >= 11 is 1.73. The van der Waals surface area contributed by atoms with Gasteiger partial charge in [-0.15, -0.1) is 11.3 Å². The van der Waals surface area contributed by atoms with Gasteiger partial charge in [0.1, 0.15) is 0 Å². The average molecular weight is 224 g/mol. The summed E-state index contributed by atoms with van der Waals surface area (Å²) in [4.78, 5) is 4.31. The van der Waals surface area contributed by atoms with Crippen LogP contribution >= 0.6 is 11.3 Å². The van der Waals surface area contributed by atoms with Crippen LogP contribution in [0.25, 0.3) is 0 Å². The molecule has 1 aromatic heterocycles. The fourth-order valence-electron chi connectivity index (χ4n) is 2.46. The van der Waals surface area contributed by atoms with Crippen molar-refractivity contribution in [2.45, 2.75) is 51.0 Å². The molecule has 2 rings (SSSR count). The molecule has 1 aliphatic rings. The van der Waals surface area contributed by atoms with Crippen LogP contribution in [0.5, 0.6) is 0 Å². The van der Waals surface area contributed by atoms with Gasteiger partial charge in [0, 0.05) is 24.0 Å². The molecule has 1 unspecified atom stereocenters. The van der Waals surface area contributed by atoms with Gasteiger partial charge in [0.2, 0.25) is 0 Å². The fraction of sp³-hybridized carbons (Fsp3) is 0.750. The zero-order valence-corrected chi connectivity index (χ0v) is 10.0. The van der Waals surface area contributed by atoms with Crippen molar-refractivity contribution in [3.63, 3.8) is 0 Å². The van der Waals surface area contributed by atoms with E-state index in [1.807, 2.05) is 11.6 Å². The van der Waals surface area contributed by atoms with E-state index < -0.39 is 0 Å². The minimum atomic E-state index is 0.328. The molecule has 1 fully saturated rings. The second-order valence-electron chi connectivity index (χ2n) is 4.55. The molecule has 0 aliphatic heterocycles. The highest BCUT2D eigenvalue weighted by Gasteiger charge is 2.20. The van der Waals surface area contributed by atoms with Gasteiger partial charge in [0.05, 0.1) is 5.01 Å². The summed E-state index contributed by atoms with van der Waals surface area (Å²) in [7, 11) is 0. The maximum absolute atomic E-state index is 6.28. The first-order valence-corrected chi connectivity index (χ1v) is 6.88. The van der Waals surface area contributed by atoms with Crippen LogP contribution in [0.4, 0.5) is 0 Å². The molecule has 1 aromatic rings. The summed E-state index contributed by atoms with van der Waals surface area (Å²) in [6.07, 6.45) is 11.1. The number of hydrogen-bond acceptors (Lipinski definition) is 3. The molecule has 84 valence electrons. The standard InChI is InChI=1S/C12H20N2S/c13-11(9-12-14-7-8-15-12)10-5-3-1-2-4-6-10/h7-8,10-11H,1-6,9,13H2. The molecule has 15 heavy (non-hydrogen) atoms. The maximum atomic E-state index is 6.28. The number of nitrogens with zero attached hydrogens (tertiary/aromatic N) is 1. The lowest BCUT2D eigenvalue weighted by Crippen LogP contribution is -2.32. The number of rotatable bonds is 3. The molecule has 0 spiro atoms. The van der Waals surface area contributed by atoms with Crippen LogP contribution < -0.4 is 5.73 Å². The smallest absolute Gasteiger partial charge is 0.0940 e. The van der Waals surface area contributed by atoms with Gasteiger partial charge in [-0.3, -0.25) is 0 Å². The van der Waals surface area contributed by atoms with Crippen LogP contribution in [0.3, 0.4) is 0 Å². The van der Waals surface area contributed by atoms with Crippen molar-refractivity contribution in [3.05, 3.63) is 16.6 Å². The van der Waals surface area contributed by atoms with Crippen molar-refractivity contribution >= 4 is 11.3 Å². The maximum Gasteiger partial charge on any atom is 0.0940 e. The number of aromatic nitrogens is 1. The van der Waals surface area contributed by atoms with E-state index in [4.69, 9.17) is 5.73 Å². The Morgan fingerprint density at radius 1 is 1.33 bits per heavy atom. The lowest BCUT2D eigenvalue weighted by molar-refractivity contribution is 0.372. The van der Waals surface area contributed by atoms with Crippen LogP contribution in [0.1, 0.15) is 43.5 Å². The lowest BCUT2D eigenvalue weighted by Gasteiger charge is -2.21. The van der Waals surface area contributed by atoms with Gasteiger partial charge < -0.3 is 5.73 Å². The molecule has 1 heterocycles. The molecule has 0 amide bonds. The minimum absolute atomic E-state index is 0.328. The summed E-state index contributed by atoms with van der Waals surface area (Å²) in [5, 5.41) is 3.24. The van der Waals surface area contributed by atoms with E-state index in [9.17, 15) is 0 Å². The molecule has 2 nitrogen and oxygen atoms in total. The predicted octanol–water partition coefficient (Wildman–Crippen LogP) is 2.98. The zero-order chi connectivity index (χ0) is 10.5. The van der Waals surface area contributed by atoms with E-state index in [2.05, 4.69) is 4.98 Å². The van der Waals surface area contributed by atoms with Gasteiger partial charge in [0.15, 0.2) is 0 Å². The monoisotopic (exact) mass is 224 g/mol. The van der Waals surface area contributed by atoms with Crippen LogP contribution in [0.2, 0.25) is 0 Å². The van der Waals surface area contributed by atoms with Crippen LogP contribution in [-0.2, 0) is 6.42 Å². The summed E-state index contributed by atoms with van der Waals surface area (Å²) in [5.41, 5.74) is 6.28.